The SMILES string of the molecule is CCNC(=NCc1ccccn1)NCCO. The van der Waals surface area contributed by atoms with Crippen LogP contribution in [-0.4, -0.2) is 35.7 Å². The maximum atomic E-state index is 8.71. The van der Waals surface area contributed by atoms with Crippen molar-refractivity contribution < 1.29 is 5.11 Å². The van der Waals surface area contributed by atoms with E-state index in [1.165, 1.54) is 0 Å². The van der Waals surface area contributed by atoms with Gasteiger partial charge in [0.15, 0.2) is 5.96 Å². The summed E-state index contributed by atoms with van der Waals surface area (Å²) in [6.45, 7) is 3.90. The second-order valence-electron chi connectivity index (χ2n) is 3.17. The summed E-state index contributed by atoms with van der Waals surface area (Å²) in [4.78, 5) is 8.52. The highest BCUT2D eigenvalue weighted by molar-refractivity contribution is 5.79. The van der Waals surface area contributed by atoms with Crippen molar-refractivity contribution in [1.29, 1.82) is 0 Å². The van der Waals surface area contributed by atoms with Crippen LogP contribution in [0.25, 0.3) is 0 Å². The molecule has 0 aliphatic carbocycles. The molecule has 1 heterocycles. The number of hydrogen-bond donors (Lipinski definition) is 3. The summed E-state index contributed by atoms with van der Waals surface area (Å²) in [5.74, 6) is 0.696. The average molecular weight is 222 g/mol. The molecule has 0 aromatic carbocycles. The van der Waals surface area contributed by atoms with Crippen molar-refractivity contribution in [1.82, 2.24) is 15.6 Å². The van der Waals surface area contributed by atoms with E-state index in [1.807, 2.05) is 25.1 Å². The van der Waals surface area contributed by atoms with Crippen molar-refractivity contribution in [2.45, 2.75) is 13.5 Å². The molecule has 1 aromatic rings. The summed E-state index contributed by atoms with van der Waals surface area (Å²) >= 11 is 0. The molecular formula is C11H18N4O. The van der Waals surface area contributed by atoms with Gasteiger partial charge in [0, 0.05) is 19.3 Å². The third kappa shape index (κ3) is 4.75. The van der Waals surface area contributed by atoms with Crippen LogP contribution in [0.5, 0.6) is 0 Å². The van der Waals surface area contributed by atoms with Crippen molar-refractivity contribution in [2.75, 3.05) is 19.7 Å². The number of aliphatic imine (C=N–C) groups is 1. The molecule has 0 radical (unpaired) electrons. The first-order chi connectivity index (χ1) is 7.86. The molecule has 1 aromatic heterocycles. The maximum Gasteiger partial charge on any atom is 0.191 e. The molecule has 0 atom stereocenters. The highest BCUT2D eigenvalue weighted by atomic mass is 16.3. The highest BCUT2D eigenvalue weighted by Gasteiger charge is 1.96. The fraction of sp³-hybridized carbons (Fsp3) is 0.455. The predicted octanol–water partition coefficient (Wildman–Crippen LogP) is 0.129. The van der Waals surface area contributed by atoms with Gasteiger partial charge in [0.25, 0.3) is 0 Å². The molecule has 5 heteroatoms. The molecule has 0 unspecified atom stereocenters. The monoisotopic (exact) mass is 222 g/mol. The molecule has 0 aliphatic heterocycles. The van der Waals surface area contributed by atoms with Gasteiger partial charge in [0.05, 0.1) is 18.8 Å². The number of aliphatic hydroxyl groups excluding tert-OH is 1. The molecule has 16 heavy (non-hydrogen) atoms. The summed E-state index contributed by atoms with van der Waals surface area (Å²) in [6, 6.07) is 5.74. The second kappa shape index (κ2) is 7.64. The first-order valence-corrected chi connectivity index (χ1v) is 5.39. The van der Waals surface area contributed by atoms with E-state index < -0.39 is 0 Å². The van der Waals surface area contributed by atoms with Gasteiger partial charge in [0.2, 0.25) is 0 Å². The normalized spacial score (nSPS) is 11.2. The van der Waals surface area contributed by atoms with Crippen LogP contribution >= 0.6 is 0 Å². The molecule has 0 amide bonds. The van der Waals surface area contributed by atoms with E-state index >= 15 is 0 Å². The summed E-state index contributed by atoms with van der Waals surface area (Å²) in [5, 5.41) is 14.8. The number of nitrogens with one attached hydrogen (secondary N) is 2. The topological polar surface area (TPSA) is 69.5 Å². The Hall–Kier alpha value is -1.62. The molecule has 88 valence electrons. The standard InChI is InChI=1S/C11H18N4O/c1-2-12-11(14-7-8-16)15-9-10-5-3-4-6-13-10/h3-6,16H,2,7-9H2,1H3,(H2,12,14,15). The molecule has 0 saturated heterocycles. The number of aromatic nitrogens is 1. The second-order valence-corrected chi connectivity index (χ2v) is 3.17. The van der Waals surface area contributed by atoms with Crippen LogP contribution in [0.4, 0.5) is 0 Å². The minimum absolute atomic E-state index is 0.0913. The summed E-state index contributed by atoms with van der Waals surface area (Å²) in [6.07, 6.45) is 1.75. The fourth-order valence-corrected chi connectivity index (χ4v) is 1.17. The van der Waals surface area contributed by atoms with Crippen molar-refractivity contribution in [3.05, 3.63) is 30.1 Å². The Morgan fingerprint density at radius 1 is 1.44 bits per heavy atom. The highest BCUT2D eigenvalue weighted by Crippen LogP contribution is 1.94. The Labute approximate surface area is 95.6 Å². The lowest BCUT2D eigenvalue weighted by molar-refractivity contribution is 0.300. The third-order valence-electron chi connectivity index (χ3n) is 1.87. The summed E-state index contributed by atoms with van der Waals surface area (Å²) < 4.78 is 0. The molecule has 0 aliphatic rings. The van der Waals surface area contributed by atoms with Gasteiger partial charge in [-0.3, -0.25) is 4.98 Å². The van der Waals surface area contributed by atoms with E-state index in [0.29, 0.717) is 19.0 Å². The largest absolute Gasteiger partial charge is 0.395 e. The Kier molecular flexibility index (Phi) is 5.95. The Bertz CT molecular complexity index is 313. The zero-order chi connectivity index (χ0) is 11.6. The lowest BCUT2D eigenvalue weighted by atomic mass is 10.3. The van der Waals surface area contributed by atoms with Gasteiger partial charge >= 0.3 is 0 Å². The van der Waals surface area contributed by atoms with Gasteiger partial charge in [-0.1, -0.05) is 6.07 Å². The van der Waals surface area contributed by atoms with Crippen molar-refractivity contribution in [2.24, 2.45) is 4.99 Å². The number of hydrogen-bond acceptors (Lipinski definition) is 3. The van der Waals surface area contributed by atoms with E-state index in [0.717, 1.165) is 12.2 Å². The summed E-state index contributed by atoms with van der Waals surface area (Å²) in [7, 11) is 0. The van der Waals surface area contributed by atoms with E-state index in [4.69, 9.17) is 5.11 Å². The van der Waals surface area contributed by atoms with E-state index in [-0.39, 0.29) is 6.61 Å². The molecular weight excluding hydrogens is 204 g/mol. The molecule has 0 bridgehead atoms. The van der Waals surface area contributed by atoms with E-state index in [2.05, 4.69) is 20.6 Å². The number of guanidine groups is 1. The lowest BCUT2D eigenvalue weighted by Crippen LogP contribution is -2.38. The molecule has 0 spiro atoms. The number of nitrogens with zero attached hydrogens (tertiary/aromatic N) is 2. The van der Waals surface area contributed by atoms with Gasteiger partial charge in [0.1, 0.15) is 0 Å². The number of pyridine rings is 1. The van der Waals surface area contributed by atoms with Crippen LogP contribution < -0.4 is 10.6 Å². The van der Waals surface area contributed by atoms with Crippen LogP contribution in [-0.2, 0) is 6.54 Å². The molecule has 0 saturated carbocycles. The fourth-order valence-electron chi connectivity index (χ4n) is 1.17. The van der Waals surface area contributed by atoms with Crippen LogP contribution in [0.1, 0.15) is 12.6 Å². The molecule has 1 rings (SSSR count). The lowest BCUT2D eigenvalue weighted by Gasteiger charge is -2.09. The van der Waals surface area contributed by atoms with Gasteiger partial charge in [-0.15, -0.1) is 0 Å². The smallest absolute Gasteiger partial charge is 0.191 e. The van der Waals surface area contributed by atoms with Crippen LogP contribution in [0.3, 0.4) is 0 Å². The predicted molar refractivity (Wildman–Crippen MR) is 64.1 cm³/mol. The zero-order valence-electron chi connectivity index (χ0n) is 9.48. The van der Waals surface area contributed by atoms with Crippen LogP contribution in [0, 0.1) is 0 Å². The van der Waals surface area contributed by atoms with Crippen molar-refractivity contribution in [3.8, 4) is 0 Å². The minimum Gasteiger partial charge on any atom is -0.395 e. The van der Waals surface area contributed by atoms with Crippen LogP contribution in [0.15, 0.2) is 29.4 Å². The van der Waals surface area contributed by atoms with Gasteiger partial charge < -0.3 is 15.7 Å². The molecule has 3 N–H and O–H groups in total. The maximum absolute atomic E-state index is 8.71. The quantitative estimate of drug-likeness (QED) is 0.489. The number of rotatable bonds is 5. The van der Waals surface area contributed by atoms with Crippen LogP contribution in [0.2, 0.25) is 0 Å². The Balaban J connectivity index is 2.50. The first kappa shape index (κ1) is 12.4. The average Bonchev–Trinajstić information content (AvgIpc) is 2.34. The number of aliphatic hydroxyl groups is 1. The van der Waals surface area contributed by atoms with E-state index in [1.54, 1.807) is 6.20 Å². The minimum atomic E-state index is 0.0913. The third-order valence-corrected chi connectivity index (χ3v) is 1.87. The zero-order valence-corrected chi connectivity index (χ0v) is 9.48. The first-order valence-electron chi connectivity index (χ1n) is 5.39. The van der Waals surface area contributed by atoms with Gasteiger partial charge in [-0.25, -0.2) is 4.99 Å². The van der Waals surface area contributed by atoms with E-state index in [9.17, 15) is 0 Å². The Morgan fingerprint density at radius 2 is 2.31 bits per heavy atom. The molecule has 5 nitrogen and oxygen atoms in total. The molecule has 0 fully saturated rings. The van der Waals surface area contributed by atoms with Gasteiger partial charge in [-0.05, 0) is 19.1 Å². The van der Waals surface area contributed by atoms with Crippen molar-refractivity contribution >= 4 is 5.96 Å². The van der Waals surface area contributed by atoms with Gasteiger partial charge in [-0.2, -0.15) is 0 Å². The van der Waals surface area contributed by atoms with Crippen molar-refractivity contribution in [3.63, 3.8) is 0 Å². The Morgan fingerprint density at radius 3 is 2.94 bits per heavy atom. The summed E-state index contributed by atoms with van der Waals surface area (Å²) in [5.41, 5.74) is 0.920.